The van der Waals surface area contributed by atoms with Crippen molar-refractivity contribution in [3.8, 4) is 0 Å². The molecule has 0 spiro atoms. The van der Waals surface area contributed by atoms with Crippen LogP contribution >= 0.6 is 15.9 Å². The minimum absolute atomic E-state index is 0.410. The molecule has 0 radical (unpaired) electrons. The first-order valence-corrected chi connectivity index (χ1v) is 8.49. The van der Waals surface area contributed by atoms with Crippen LogP contribution in [0.1, 0.15) is 76.3 Å². The molecule has 1 rings (SSSR count). The fraction of sp³-hybridized carbons (Fsp3) is 0.750. The maximum atomic E-state index is 5.31. The summed E-state index contributed by atoms with van der Waals surface area (Å²) in [6.07, 6.45) is 13.9. The van der Waals surface area contributed by atoms with Crippen molar-refractivity contribution in [3.63, 3.8) is 0 Å². The number of furan rings is 1. The second-order valence-electron chi connectivity index (χ2n) is 5.25. The summed E-state index contributed by atoms with van der Waals surface area (Å²) < 4.78 is 6.17. The van der Waals surface area contributed by atoms with E-state index in [4.69, 9.17) is 4.42 Å². The third-order valence-corrected chi connectivity index (χ3v) is 4.36. The van der Waals surface area contributed by atoms with Crippen molar-refractivity contribution in [2.75, 3.05) is 7.05 Å². The summed E-state index contributed by atoms with van der Waals surface area (Å²) in [7, 11) is 2.02. The van der Waals surface area contributed by atoms with Crippen molar-refractivity contribution in [2.45, 2.75) is 70.8 Å². The molecule has 0 amide bonds. The van der Waals surface area contributed by atoms with Crippen LogP contribution in [0.4, 0.5) is 0 Å². The van der Waals surface area contributed by atoms with Gasteiger partial charge in [0.2, 0.25) is 0 Å². The molecule has 0 bridgehead atoms. The second-order valence-corrected chi connectivity index (χ2v) is 5.97. The van der Waals surface area contributed by atoms with Crippen LogP contribution in [0.25, 0.3) is 0 Å². The normalized spacial score (nSPS) is 12.8. The van der Waals surface area contributed by atoms with Crippen LogP contribution in [-0.4, -0.2) is 7.05 Å². The highest BCUT2D eigenvalue weighted by molar-refractivity contribution is 9.10. The number of nitrogens with one attached hydrogen (secondary N) is 1. The van der Waals surface area contributed by atoms with Crippen molar-refractivity contribution < 1.29 is 4.42 Å². The fourth-order valence-corrected chi connectivity index (χ4v) is 3.01. The fourth-order valence-electron chi connectivity index (χ4n) is 2.49. The Kier molecular flexibility index (Phi) is 9.27. The van der Waals surface area contributed by atoms with Crippen molar-refractivity contribution in [3.05, 3.63) is 22.6 Å². The van der Waals surface area contributed by atoms with E-state index >= 15 is 0 Å². The zero-order valence-electron chi connectivity index (χ0n) is 12.4. The Labute approximate surface area is 126 Å². The summed E-state index contributed by atoms with van der Waals surface area (Å²) in [5.41, 5.74) is 1.24. The van der Waals surface area contributed by atoms with Crippen molar-refractivity contribution in [1.82, 2.24) is 5.32 Å². The SMILES string of the molecule is CCCCCCCCCCC(NC)c1ccoc1Br. The average Bonchev–Trinajstić information content (AvgIpc) is 2.83. The second kappa shape index (κ2) is 10.5. The van der Waals surface area contributed by atoms with Gasteiger partial charge in [-0.25, -0.2) is 0 Å². The van der Waals surface area contributed by atoms with Crippen LogP contribution in [0, 0.1) is 0 Å². The van der Waals surface area contributed by atoms with E-state index in [-0.39, 0.29) is 0 Å². The molecule has 0 saturated carbocycles. The van der Waals surface area contributed by atoms with Gasteiger partial charge in [0, 0.05) is 11.6 Å². The smallest absolute Gasteiger partial charge is 0.173 e. The third kappa shape index (κ3) is 6.62. The van der Waals surface area contributed by atoms with Crippen LogP contribution in [0.2, 0.25) is 0 Å². The highest BCUT2D eigenvalue weighted by Gasteiger charge is 2.14. The molecule has 1 N–H and O–H groups in total. The number of hydrogen-bond donors (Lipinski definition) is 1. The van der Waals surface area contributed by atoms with Gasteiger partial charge >= 0.3 is 0 Å². The molecule has 2 nitrogen and oxygen atoms in total. The van der Waals surface area contributed by atoms with Gasteiger partial charge in [-0.05, 0) is 35.5 Å². The Balaban J connectivity index is 2.09. The predicted molar refractivity (Wildman–Crippen MR) is 85.4 cm³/mol. The highest BCUT2D eigenvalue weighted by Crippen LogP contribution is 2.28. The van der Waals surface area contributed by atoms with Gasteiger partial charge in [0.05, 0.1) is 6.26 Å². The zero-order chi connectivity index (χ0) is 13.9. The molecule has 0 aromatic carbocycles. The first-order valence-electron chi connectivity index (χ1n) is 7.69. The maximum absolute atomic E-state index is 5.31. The summed E-state index contributed by atoms with van der Waals surface area (Å²) >= 11 is 3.46. The lowest BCUT2D eigenvalue weighted by atomic mass is 10.0. The van der Waals surface area contributed by atoms with E-state index in [1.54, 1.807) is 6.26 Å². The van der Waals surface area contributed by atoms with Crippen LogP contribution in [0.3, 0.4) is 0 Å². The lowest BCUT2D eigenvalue weighted by Gasteiger charge is -2.14. The maximum Gasteiger partial charge on any atom is 0.173 e. The van der Waals surface area contributed by atoms with Crippen LogP contribution in [0.5, 0.6) is 0 Å². The third-order valence-electron chi connectivity index (χ3n) is 3.72. The van der Waals surface area contributed by atoms with Gasteiger partial charge in [-0.3, -0.25) is 0 Å². The Morgan fingerprint density at radius 3 is 2.26 bits per heavy atom. The van der Waals surface area contributed by atoms with E-state index in [9.17, 15) is 0 Å². The van der Waals surface area contributed by atoms with E-state index in [2.05, 4.69) is 34.2 Å². The molecule has 0 aliphatic rings. The molecule has 0 fully saturated rings. The van der Waals surface area contributed by atoms with Gasteiger partial charge in [-0.15, -0.1) is 0 Å². The van der Waals surface area contributed by atoms with Crippen molar-refractivity contribution >= 4 is 15.9 Å². The van der Waals surface area contributed by atoms with Gasteiger partial charge in [-0.2, -0.15) is 0 Å². The molecule has 1 atom stereocenters. The molecule has 0 aliphatic carbocycles. The number of halogens is 1. The Hall–Kier alpha value is -0.280. The minimum Gasteiger partial charge on any atom is -0.457 e. The molecule has 110 valence electrons. The molecular formula is C16H28BrNO. The van der Waals surface area contributed by atoms with Crippen molar-refractivity contribution in [1.29, 1.82) is 0 Å². The molecule has 3 heteroatoms. The number of rotatable bonds is 11. The Morgan fingerprint density at radius 2 is 1.74 bits per heavy atom. The quantitative estimate of drug-likeness (QED) is 0.516. The van der Waals surface area contributed by atoms with E-state index < -0.39 is 0 Å². The highest BCUT2D eigenvalue weighted by atomic mass is 79.9. The largest absolute Gasteiger partial charge is 0.457 e. The van der Waals surface area contributed by atoms with E-state index in [0.29, 0.717) is 6.04 Å². The van der Waals surface area contributed by atoms with Gasteiger partial charge in [0.1, 0.15) is 0 Å². The standard InChI is InChI=1S/C16H28BrNO/c1-3-4-5-6-7-8-9-10-11-15(18-2)14-12-13-19-16(14)17/h12-13,15,18H,3-11H2,1-2H3. The molecule has 1 aromatic heterocycles. The van der Waals surface area contributed by atoms with Gasteiger partial charge in [0.15, 0.2) is 4.67 Å². The summed E-state index contributed by atoms with van der Waals surface area (Å²) in [4.78, 5) is 0. The molecule has 0 saturated heterocycles. The molecule has 0 aliphatic heterocycles. The van der Waals surface area contributed by atoms with E-state index in [1.165, 1.54) is 63.4 Å². The predicted octanol–water partition coefficient (Wildman–Crippen LogP) is 5.83. The van der Waals surface area contributed by atoms with Gasteiger partial charge < -0.3 is 9.73 Å². The van der Waals surface area contributed by atoms with E-state index in [1.807, 2.05) is 7.05 Å². The first kappa shape index (κ1) is 16.8. The van der Waals surface area contributed by atoms with E-state index in [0.717, 1.165) is 4.67 Å². The Bertz CT molecular complexity index is 324. The monoisotopic (exact) mass is 329 g/mol. The molecule has 1 unspecified atom stereocenters. The summed E-state index contributed by atoms with van der Waals surface area (Å²) in [6.45, 7) is 2.27. The number of unbranched alkanes of at least 4 members (excludes halogenated alkanes) is 7. The lowest BCUT2D eigenvalue weighted by molar-refractivity contribution is 0.478. The zero-order valence-corrected chi connectivity index (χ0v) is 14.0. The minimum atomic E-state index is 0.410. The average molecular weight is 330 g/mol. The van der Waals surface area contributed by atoms with Crippen molar-refractivity contribution in [2.24, 2.45) is 0 Å². The molecule has 1 heterocycles. The molecule has 19 heavy (non-hydrogen) atoms. The summed E-state index contributed by atoms with van der Waals surface area (Å²) in [5, 5.41) is 3.37. The van der Waals surface area contributed by atoms with Gasteiger partial charge in [0.25, 0.3) is 0 Å². The first-order chi connectivity index (χ1) is 9.29. The van der Waals surface area contributed by atoms with Crippen LogP contribution in [-0.2, 0) is 0 Å². The lowest BCUT2D eigenvalue weighted by Crippen LogP contribution is -2.15. The van der Waals surface area contributed by atoms with Crippen LogP contribution in [0.15, 0.2) is 21.4 Å². The molecular weight excluding hydrogens is 302 g/mol. The molecule has 1 aromatic rings. The number of hydrogen-bond acceptors (Lipinski definition) is 2. The Morgan fingerprint density at radius 1 is 1.11 bits per heavy atom. The summed E-state index contributed by atoms with van der Waals surface area (Å²) in [6, 6.07) is 2.46. The van der Waals surface area contributed by atoms with Gasteiger partial charge in [-0.1, -0.05) is 58.3 Å². The summed E-state index contributed by atoms with van der Waals surface area (Å²) in [5.74, 6) is 0. The topological polar surface area (TPSA) is 25.2 Å². The van der Waals surface area contributed by atoms with Crippen LogP contribution < -0.4 is 5.32 Å².